The van der Waals surface area contributed by atoms with Crippen LogP contribution in [-0.4, -0.2) is 24.3 Å². The monoisotopic (exact) mass is 327 g/mol. The number of benzene rings is 1. The molecule has 1 heterocycles. The van der Waals surface area contributed by atoms with Gasteiger partial charge in [0.2, 0.25) is 5.13 Å². The number of rotatable bonds is 4. The van der Waals surface area contributed by atoms with Gasteiger partial charge in [0.25, 0.3) is 0 Å². The fourth-order valence-electron chi connectivity index (χ4n) is 1.51. The molecule has 0 spiro atoms. The van der Waals surface area contributed by atoms with Crippen LogP contribution in [0.3, 0.4) is 0 Å². The van der Waals surface area contributed by atoms with Crippen molar-refractivity contribution in [3.8, 4) is 0 Å². The van der Waals surface area contributed by atoms with E-state index >= 15 is 0 Å². The van der Waals surface area contributed by atoms with Crippen LogP contribution in [0, 0.1) is 12.7 Å². The van der Waals surface area contributed by atoms with Crippen molar-refractivity contribution >= 4 is 40.3 Å². The lowest BCUT2D eigenvalue weighted by Crippen LogP contribution is -1.99. The lowest BCUT2D eigenvalue weighted by atomic mass is 10.2. The van der Waals surface area contributed by atoms with Crippen LogP contribution in [0.2, 0.25) is 5.02 Å². The molecule has 110 valence electrons. The first-order chi connectivity index (χ1) is 10.0. The van der Waals surface area contributed by atoms with Crippen LogP contribution in [0.1, 0.15) is 20.9 Å². The molecule has 0 radical (unpaired) electrons. The van der Waals surface area contributed by atoms with Crippen molar-refractivity contribution in [1.82, 2.24) is 4.98 Å². The van der Waals surface area contributed by atoms with E-state index in [9.17, 15) is 9.18 Å². The number of anilines is 1. The first kappa shape index (κ1) is 15.4. The summed E-state index contributed by atoms with van der Waals surface area (Å²) in [7, 11) is 1.30. The van der Waals surface area contributed by atoms with Crippen molar-refractivity contribution in [3.05, 3.63) is 45.2 Å². The van der Waals surface area contributed by atoms with Crippen LogP contribution in [0.5, 0.6) is 0 Å². The van der Waals surface area contributed by atoms with Crippen molar-refractivity contribution < 1.29 is 13.9 Å². The Labute approximate surface area is 129 Å². The van der Waals surface area contributed by atoms with Crippen molar-refractivity contribution in [2.45, 2.75) is 6.92 Å². The summed E-state index contributed by atoms with van der Waals surface area (Å²) in [6.07, 6.45) is 1.26. The maximum Gasteiger partial charge on any atom is 0.350 e. The smallest absolute Gasteiger partial charge is 0.350 e. The van der Waals surface area contributed by atoms with Gasteiger partial charge in [-0.05, 0) is 19.1 Å². The number of aryl methyl sites for hydroxylation is 1. The summed E-state index contributed by atoms with van der Waals surface area (Å²) in [6, 6.07) is 4.36. The Hall–Kier alpha value is -1.99. The molecule has 0 saturated carbocycles. The van der Waals surface area contributed by atoms with Crippen LogP contribution < -0.4 is 5.43 Å². The standard InChI is InChI=1S/C13H11ClFN3O2S/c1-7-11(12(19)20-2)21-13(17-7)18-16-6-8-9(14)4-3-5-10(8)15/h3-6H,1-2H3,(H,17,18)/b16-6-. The first-order valence-corrected chi connectivity index (χ1v) is 7.01. The summed E-state index contributed by atoms with van der Waals surface area (Å²) in [5.74, 6) is -0.933. The Balaban J connectivity index is 2.13. The zero-order valence-electron chi connectivity index (χ0n) is 11.2. The average Bonchev–Trinajstić information content (AvgIpc) is 2.82. The number of hydrogen-bond donors (Lipinski definition) is 1. The SMILES string of the molecule is COC(=O)c1sc(N/N=C\c2c(F)cccc2Cl)nc1C. The fourth-order valence-corrected chi connectivity index (χ4v) is 2.56. The number of carbonyl (C=O) groups excluding carboxylic acids is 1. The zero-order valence-corrected chi connectivity index (χ0v) is 12.8. The topological polar surface area (TPSA) is 63.6 Å². The number of nitrogens with zero attached hydrogens (tertiary/aromatic N) is 2. The van der Waals surface area contributed by atoms with Gasteiger partial charge in [-0.2, -0.15) is 5.10 Å². The van der Waals surface area contributed by atoms with Gasteiger partial charge in [0.05, 0.1) is 24.0 Å². The minimum Gasteiger partial charge on any atom is -0.465 e. The Morgan fingerprint density at radius 3 is 3.00 bits per heavy atom. The molecule has 2 rings (SSSR count). The number of methoxy groups -OCH3 is 1. The van der Waals surface area contributed by atoms with Gasteiger partial charge in [-0.25, -0.2) is 14.2 Å². The maximum absolute atomic E-state index is 13.5. The fraction of sp³-hybridized carbons (Fsp3) is 0.154. The predicted molar refractivity (Wildman–Crippen MR) is 80.8 cm³/mol. The number of ether oxygens (including phenoxy) is 1. The lowest BCUT2D eigenvalue weighted by Gasteiger charge is -1.99. The van der Waals surface area contributed by atoms with Crippen molar-refractivity contribution in [2.24, 2.45) is 5.10 Å². The molecule has 0 fully saturated rings. The number of esters is 1. The van der Waals surface area contributed by atoms with Crippen LogP contribution in [0.15, 0.2) is 23.3 Å². The first-order valence-electron chi connectivity index (χ1n) is 5.81. The van der Waals surface area contributed by atoms with Gasteiger partial charge in [-0.1, -0.05) is 29.0 Å². The molecular formula is C13H11ClFN3O2S. The van der Waals surface area contributed by atoms with E-state index in [0.717, 1.165) is 11.3 Å². The Bertz CT molecular complexity index is 682. The predicted octanol–water partition coefficient (Wildman–Crippen LogP) is 3.48. The molecule has 1 aromatic heterocycles. The molecule has 0 atom stereocenters. The van der Waals surface area contributed by atoms with Crippen LogP contribution >= 0.6 is 22.9 Å². The summed E-state index contributed by atoms with van der Waals surface area (Å²) in [4.78, 5) is 16.0. The average molecular weight is 328 g/mol. The minimum atomic E-state index is -0.474. The Morgan fingerprint density at radius 1 is 1.57 bits per heavy atom. The highest BCUT2D eigenvalue weighted by atomic mass is 35.5. The molecule has 0 aliphatic rings. The normalized spacial score (nSPS) is 10.9. The van der Waals surface area contributed by atoms with Crippen LogP contribution in [0.4, 0.5) is 9.52 Å². The van der Waals surface area contributed by atoms with Crippen molar-refractivity contribution in [1.29, 1.82) is 0 Å². The van der Waals surface area contributed by atoms with Gasteiger partial charge in [-0.15, -0.1) is 0 Å². The van der Waals surface area contributed by atoms with Crippen LogP contribution in [-0.2, 0) is 4.74 Å². The number of nitrogens with one attached hydrogen (secondary N) is 1. The highest BCUT2D eigenvalue weighted by Crippen LogP contribution is 2.23. The van der Waals surface area contributed by atoms with Gasteiger partial charge in [0.1, 0.15) is 10.7 Å². The second-order valence-electron chi connectivity index (χ2n) is 3.93. The molecule has 0 aliphatic carbocycles. The number of halogens is 2. The van der Waals surface area contributed by atoms with Crippen LogP contribution in [0.25, 0.3) is 0 Å². The molecular weight excluding hydrogens is 317 g/mol. The quantitative estimate of drug-likeness (QED) is 0.530. The lowest BCUT2D eigenvalue weighted by molar-refractivity contribution is 0.0605. The molecule has 0 aliphatic heterocycles. The van der Waals surface area contributed by atoms with Gasteiger partial charge < -0.3 is 4.74 Å². The Kier molecular flexibility index (Phi) is 4.87. The van der Waals surface area contributed by atoms with Gasteiger partial charge in [0, 0.05) is 5.56 Å². The zero-order chi connectivity index (χ0) is 15.4. The van der Waals surface area contributed by atoms with E-state index in [-0.39, 0.29) is 10.6 Å². The van der Waals surface area contributed by atoms with E-state index in [2.05, 4.69) is 20.2 Å². The maximum atomic E-state index is 13.5. The number of aromatic nitrogens is 1. The third-order valence-corrected chi connectivity index (χ3v) is 3.89. The van der Waals surface area contributed by atoms with Gasteiger partial charge in [-0.3, -0.25) is 5.43 Å². The molecule has 0 bridgehead atoms. The summed E-state index contributed by atoms with van der Waals surface area (Å²) < 4.78 is 18.2. The highest BCUT2D eigenvalue weighted by Gasteiger charge is 2.15. The van der Waals surface area contributed by atoms with E-state index in [1.807, 2.05) is 0 Å². The molecule has 5 nitrogen and oxygen atoms in total. The molecule has 2 aromatic rings. The molecule has 0 amide bonds. The van der Waals surface area contributed by atoms with E-state index in [4.69, 9.17) is 11.6 Å². The minimum absolute atomic E-state index is 0.174. The van der Waals surface area contributed by atoms with Gasteiger partial charge >= 0.3 is 5.97 Å². The third kappa shape index (κ3) is 3.56. The van der Waals surface area contributed by atoms with E-state index in [1.54, 1.807) is 13.0 Å². The van der Waals surface area contributed by atoms with Gasteiger partial charge in [0.15, 0.2) is 0 Å². The summed E-state index contributed by atoms with van der Waals surface area (Å²) in [5.41, 5.74) is 3.34. The third-order valence-electron chi connectivity index (χ3n) is 2.52. The second-order valence-corrected chi connectivity index (χ2v) is 5.34. The largest absolute Gasteiger partial charge is 0.465 e. The number of carbonyl (C=O) groups is 1. The van der Waals surface area contributed by atoms with Crippen molar-refractivity contribution in [3.63, 3.8) is 0 Å². The Morgan fingerprint density at radius 2 is 2.33 bits per heavy atom. The molecule has 1 N–H and O–H groups in total. The molecule has 21 heavy (non-hydrogen) atoms. The second kappa shape index (κ2) is 6.64. The summed E-state index contributed by atoms with van der Waals surface area (Å²) in [6.45, 7) is 1.69. The summed E-state index contributed by atoms with van der Waals surface area (Å²) in [5, 5.41) is 4.52. The molecule has 1 aromatic carbocycles. The van der Waals surface area contributed by atoms with E-state index in [0.29, 0.717) is 15.7 Å². The van der Waals surface area contributed by atoms with Crippen molar-refractivity contribution in [2.75, 3.05) is 12.5 Å². The number of thiazole rings is 1. The number of hydrazone groups is 1. The molecule has 0 saturated heterocycles. The van der Waals surface area contributed by atoms with E-state index < -0.39 is 11.8 Å². The van der Waals surface area contributed by atoms with E-state index in [1.165, 1.54) is 25.5 Å². The molecule has 8 heteroatoms. The highest BCUT2D eigenvalue weighted by molar-refractivity contribution is 7.17. The number of hydrogen-bond acceptors (Lipinski definition) is 6. The molecule has 0 unspecified atom stereocenters. The summed E-state index contributed by atoms with van der Waals surface area (Å²) >= 11 is 6.97.